The number of para-hydroxylation sites is 2. The van der Waals surface area contributed by atoms with Crippen LogP contribution in [0.15, 0.2) is 36.4 Å². The van der Waals surface area contributed by atoms with Crippen LogP contribution in [-0.4, -0.2) is 5.11 Å². The molecular weight excluding hydrogens is 275 g/mol. The SMILES string of the molecule is Oc1c(F)ccc2c3c(sc12)Nc1ccccc1NC3. The number of anilines is 3. The number of phenolic OH excluding ortho intramolecular Hbond substituents is 1. The first kappa shape index (κ1) is 11.5. The maximum atomic E-state index is 13.5. The molecule has 2 aromatic carbocycles. The molecule has 0 aliphatic carbocycles. The molecule has 0 saturated heterocycles. The van der Waals surface area contributed by atoms with Crippen LogP contribution in [0, 0.1) is 5.82 Å². The van der Waals surface area contributed by atoms with Crippen LogP contribution in [0.25, 0.3) is 10.1 Å². The lowest BCUT2D eigenvalue weighted by molar-refractivity contribution is 0.439. The molecule has 0 unspecified atom stereocenters. The predicted octanol–water partition coefficient (Wildman–Crippen LogP) is 4.42. The summed E-state index contributed by atoms with van der Waals surface area (Å²) in [4.78, 5) is 0. The lowest BCUT2D eigenvalue weighted by Gasteiger charge is -2.07. The Bertz CT molecular complexity index is 828. The Labute approximate surface area is 118 Å². The van der Waals surface area contributed by atoms with Crippen molar-refractivity contribution in [1.29, 1.82) is 0 Å². The summed E-state index contributed by atoms with van der Waals surface area (Å²) in [6.07, 6.45) is 0. The summed E-state index contributed by atoms with van der Waals surface area (Å²) >= 11 is 1.38. The maximum Gasteiger partial charge on any atom is 0.169 e. The van der Waals surface area contributed by atoms with Gasteiger partial charge in [-0.25, -0.2) is 4.39 Å². The van der Waals surface area contributed by atoms with E-state index in [1.54, 1.807) is 6.07 Å². The number of benzene rings is 2. The van der Waals surface area contributed by atoms with E-state index in [0.29, 0.717) is 11.2 Å². The first-order chi connectivity index (χ1) is 9.74. The summed E-state index contributed by atoms with van der Waals surface area (Å²) in [7, 11) is 0. The van der Waals surface area contributed by atoms with Gasteiger partial charge in [-0.1, -0.05) is 12.1 Å². The van der Waals surface area contributed by atoms with Gasteiger partial charge in [-0.2, -0.15) is 0 Å². The zero-order valence-electron chi connectivity index (χ0n) is 10.4. The highest BCUT2D eigenvalue weighted by Gasteiger charge is 2.20. The molecule has 20 heavy (non-hydrogen) atoms. The van der Waals surface area contributed by atoms with Crippen molar-refractivity contribution in [2.24, 2.45) is 0 Å². The Morgan fingerprint density at radius 1 is 1.10 bits per heavy atom. The number of halogens is 1. The third-order valence-electron chi connectivity index (χ3n) is 3.52. The number of thiophene rings is 1. The van der Waals surface area contributed by atoms with Crippen molar-refractivity contribution in [3.8, 4) is 5.75 Å². The molecule has 0 spiro atoms. The molecule has 0 bridgehead atoms. The Hall–Kier alpha value is -2.27. The van der Waals surface area contributed by atoms with Gasteiger partial charge in [0.15, 0.2) is 11.6 Å². The molecule has 0 amide bonds. The Morgan fingerprint density at radius 2 is 1.90 bits per heavy atom. The molecule has 3 aromatic rings. The summed E-state index contributed by atoms with van der Waals surface area (Å²) in [5, 5.41) is 18.4. The number of aromatic hydroxyl groups is 1. The number of hydrogen-bond acceptors (Lipinski definition) is 4. The summed E-state index contributed by atoms with van der Waals surface area (Å²) in [6, 6.07) is 11.0. The van der Waals surface area contributed by atoms with Crippen molar-refractivity contribution in [3.05, 3.63) is 47.8 Å². The molecule has 0 saturated carbocycles. The zero-order chi connectivity index (χ0) is 13.7. The molecule has 0 fully saturated rings. The van der Waals surface area contributed by atoms with Crippen molar-refractivity contribution < 1.29 is 9.50 Å². The smallest absolute Gasteiger partial charge is 0.169 e. The van der Waals surface area contributed by atoms with Crippen LogP contribution in [0.1, 0.15) is 5.56 Å². The van der Waals surface area contributed by atoms with Gasteiger partial charge in [-0.3, -0.25) is 0 Å². The average molecular weight is 286 g/mol. The van der Waals surface area contributed by atoms with E-state index in [4.69, 9.17) is 0 Å². The fourth-order valence-electron chi connectivity index (χ4n) is 2.50. The second-order valence-electron chi connectivity index (χ2n) is 4.71. The Morgan fingerprint density at radius 3 is 2.75 bits per heavy atom. The van der Waals surface area contributed by atoms with E-state index in [-0.39, 0.29) is 5.75 Å². The van der Waals surface area contributed by atoms with Gasteiger partial charge in [0.1, 0.15) is 0 Å². The van der Waals surface area contributed by atoms with Gasteiger partial charge in [-0.15, -0.1) is 11.3 Å². The average Bonchev–Trinajstić information content (AvgIpc) is 2.70. The van der Waals surface area contributed by atoms with Crippen LogP contribution < -0.4 is 10.6 Å². The molecule has 1 aliphatic rings. The van der Waals surface area contributed by atoms with Crippen LogP contribution in [0.5, 0.6) is 5.75 Å². The number of rotatable bonds is 0. The lowest BCUT2D eigenvalue weighted by atomic mass is 10.1. The zero-order valence-corrected chi connectivity index (χ0v) is 11.2. The van der Waals surface area contributed by atoms with Crippen LogP contribution >= 0.6 is 11.3 Å². The molecule has 1 aliphatic heterocycles. The largest absolute Gasteiger partial charge is 0.504 e. The quantitative estimate of drug-likeness (QED) is 0.573. The number of phenols is 1. The second-order valence-corrected chi connectivity index (χ2v) is 5.73. The molecule has 0 atom stereocenters. The predicted molar refractivity (Wildman–Crippen MR) is 80.5 cm³/mol. The molecule has 1 aromatic heterocycles. The van der Waals surface area contributed by atoms with E-state index >= 15 is 0 Å². The monoisotopic (exact) mass is 286 g/mol. The van der Waals surface area contributed by atoms with Crippen molar-refractivity contribution in [2.75, 3.05) is 10.6 Å². The highest BCUT2D eigenvalue weighted by atomic mass is 32.1. The van der Waals surface area contributed by atoms with Gasteiger partial charge < -0.3 is 15.7 Å². The summed E-state index contributed by atoms with van der Waals surface area (Å²) in [5.74, 6) is -0.849. The van der Waals surface area contributed by atoms with E-state index in [1.165, 1.54) is 17.4 Å². The first-order valence-electron chi connectivity index (χ1n) is 6.27. The van der Waals surface area contributed by atoms with E-state index < -0.39 is 5.82 Å². The van der Waals surface area contributed by atoms with E-state index in [1.807, 2.05) is 24.3 Å². The van der Waals surface area contributed by atoms with Crippen LogP contribution in [-0.2, 0) is 6.54 Å². The van der Waals surface area contributed by atoms with Gasteiger partial charge in [0.2, 0.25) is 0 Å². The van der Waals surface area contributed by atoms with Crippen LogP contribution in [0.2, 0.25) is 0 Å². The second kappa shape index (κ2) is 4.11. The van der Waals surface area contributed by atoms with Crippen molar-refractivity contribution in [2.45, 2.75) is 6.54 Å². The Kier molecular flexibility index (Phi) is 2.37. The van der Waals surface area contributed by atoms with Gasteiger partial charge in [0, 0.05) is 17.5 Å². The minimum absolute atomic E-state index is 0.268. The lowest BCUT2D eigenvalue weighted by Crippen LogP contribution is -1.96. The van der Waals surface area contributed by atoms with Crippen LogP contribution in [0.3, 0.4) is 0 Å². The first-order valence-corrected chi connectivity index (χ1v) is 7.08. The van der Waals surface area contributed by atoms with Gasteiger partial charge >= 0.3 is 0 Å². The van der Waals surface area contributed by atoms with E-state index in [2.05, 4.69) is 10.6 Å². The van der Waals surface area contributed by atoms with E-state index in [0.717, 1.165) is 27.3 Å². The molecule has 2 heterocycles. The summed E-state index contributed by atoms with van der Waals surface area (Å²) < 4.78 is 14.0. The maximum absolute atomic E-state index is 13.5. The third-order valence-corrected chi connectivity index (χ3v) is 4.69. The molecule has 0 radical (unpaired) electrons. The fourth-order valence-corrected chi connectivity index (χ4v) is 3.67. The molecule has 100 valence electrons. The molecule has 5 heteroatoms. The summed E-state index contributed by atoms with van der Waals surface area (Å²) in [5.41, 5.74) is 3.07. The third kappa shape index (κ3) is 1.56. The summed E-state index contributed by atoms with van der Waals surface area (Å²) in [6.45, 7) is 0.643. The van der Waals surface area contributed by atoms with Gasteiger partial charge in [0.25, 0.3) is 0 Å². The van der Waals surface area contributed by atoms with Gasteiger partial charge in [0.05, 0.1) is 21.1 Å². The van der Waals surface area contributed by atoms with Gasteiger partial charge in [-0.05, 0) is 24.3 Å². The normalized spacial score (nSPS) is 13.1. The number of hydrogen-bond donors (Lipinski definition) is 3. The minimum atomic E-state index is -0.581. The molecule has 4 rings (SSSR count). The van der Waals surface area contributed by atoms with Crippen molar-refractivity contribution >= 4 is 37.8 Å². The minimum Gasteiger partial charge on any atom is -0.504 e. The Balaban J connectivity index is 1.94. The van der Waals surface area contributed by atoms with Crippen LogP contribution in [0.4, 0.5) is 20.8 Å². The standard InChI is InChI=1S/C15H11FN2OS/c16-10-6-5-8-9-7-17-11-3-1-2-4-12(11)18-15(9)20-14(8)13(10)19/h1-6,17-19H,7H2. The van der Waals surface area contributed by atoms with Crippen molar-refractivity contribution in [3.63, 3.8) is 0 Å². The number of fused-ring (bicyclic) bond motifs is 4. The highest BCUT2D eigenvalue weighted by Crippen LogP contribution is 2.45. The molecular formula is C15H11FN2OS. The topological polar surface area (TPSA) is 44.3 Å². The fraction of sp³-hybridized carbons (Fsp3) is 0.0667. The van der Waals surface area contributed by atoms with E-state index in [9.17, 15) is 9.50 Å². The molecule has 3 N–H and O–H groups in total. The molecule has 3 nitrogen and oxygen atoms in total. The number of nitrogens with one attached hydrogen (secondary N) is 2. The van der Waals surface area contributed by atoms with Crippen molar-refractivity contribution in [1.82, 2.24) is 0 Å². The highest BCUT2D eigenvalue weighted by molar-refractivity contribution is 7.23.